The number of anilines is 1. The van der Waals surface area contributed by atoms with Crippen LogP contribution in [-0.2, 0) is 5.60 Å². The monoisotopic (exact) mass is 528 g/mol. The second-order valence-corrected chi connectivity index (χ2v) is 9.80. The SMILES string of the molecule is Cc1nc2ccc(-c3cnc(C(C)(C)O)nc3)cc2c(N[C@H](C)c2cc(Br)ccc2F)c1Cl. The van der Waals surface area contributed by atoms with Crippen LogP contribution in [0.15, 0.2) is 53.3 Å². The molecule has 1 atom stereocenters. The first kappa shape index (κ1) is 23.5. The van der Waals surface area contributed by atoms with Crippen molar-refractivity contribution in [2.75, 3.05) is 5.32 Å². The lowest BCUT2D eigenvalue weighted by Crippen LogP contribution is -2.19. The number of nitrogens with zero attached hydrogens (tertiary/aromatic N) is 3. The molecule has 0 aliphatic rings. The smallest absolute Gasteiger partial charge is 0.159 e. The summed E-state index contributed by atoms with van der Waals surface area (Å²) < 4.78 is 15.3. The fourth-order valence-corrected chi connectivity index (χ4v) is 4.19. The highest BCUT2D eigenvalue weighted by Crippen LogP contribution is 2.37. The molecule has 33 heavy (non-hydrogen) atoms. The predicted molar refractivity (Wildman–Crippen MR) is 134 cm³/mol. The van der Waals surface area contributed by atoms with Crippen LogP contribution in [0.25, 0.3) is 22.0 Å². The normalized spacial score (nSPS) is 12.7. The molecule has 2 aromatic heterocycles. The molecule has 170 valence electrons. The highest BCUT2D eigenvalue weighted by Gasteiger charge is 2.20. The van der Waals surface area contributed by atoms with Gasteiger partial charge in [0.05, 0.1) is 28.0 Å². The van der Waals surface area contributed by atoms with Crippen LogP contribution in [0.5, 0.6) is 0 Å². The number of hydrogen-bond acceptors (Lipinski definition) is 5. The molecule has 0 bridgehead atoms. The molecule has 0 saturated heterocycles. The number of aromatic nitrogens is 3. The van der Waals surface area contributed by atoms with Crippen LogP contribution < -0.4 is 5.32 Å². The van der Waals surface area contributed by atoms with Gasteiger partial charge in [-0.25, -0.2) is 14.4 Å². The Bertz CT molecular complexity index is 1340. The Morgan fingerprint density at radius 2 is 1.79 bits per heavy atom. The lowest BCUT2D eigenvalue weighted by molar-refractivity contribution is 0.0687. The van der Waals surface area contributed by atoms with Crippen molar-refractivity contribution in [2.24, 2.45) is 0 Å². The van der Waals surface area contributed by atoms with Crippen LogP contribution in [-0.4, -0.2) is 20.1 Å². The van der Waals surface area contributed by atoms with Gasteiger partial charge >= 0.3 is 0 Å². The molecule has 0 spiro atoms. The lowest BCUT2D eigenvalue weighted by atomic mass is 10.0. The molecule has 2 aromatic carbocycles. The van der Waals surface area contributed by atoms with E-state index >= 15 is 0 Å². The Hall–Kier alpha value is -2.61. The van der Waals surface area contributed by atoms with Crippen LogP contribution >= 0.6 is 27.5 Å². The van der Waals surface area contributed by atoms with Gasteiger partial charge in [0.25, 0.3) is 0 Å². The third-order valence-electron chi connectivity index (χ3n) is 5.41. The number of pyridine rings is 1. The summed E-state index contributed by atoms with van der Waals surface area (Å²) in [6.45, 7) is 7.01. The number of aliphatic hydroxyl groups is 1. The summed E-state index contributed by atoms with van der Waals surface area (Å²) in [5, 5.41) is 14.8. The molecule has 5 nitrogen and oxygen atoms in total. The number of halogens is 3. The molecule has 8 heteroatoms. The molecule has 0 radical (unpaired) electrons. The van der Waals surface area contributed by atoms with E-state index in [1.165, 1.54) is 6.07 Å². The highest BCUT2D eigenvalue weighted by atomic mass is 79.9. The maximum Gasteiger partial charge on any atom is 0.159 e. The predicted octanol–water partition coefficient (Wildman–Crippen LogP) is 6.96. The summed E-state index contributed by atoms with van der Waals surface area (Å²) in [5.74, 6) is 0.0498. The number of aryl methyl sites for hydroxylation is 1. The Balaban J connectivity index is 1.79. The van der Waals surface area contributed by atoms with Crippen molar-refractivity contribution in [3.05, 3.63) is 81.2 Å². The van der Waals surface area contributed by atoms with Gasteiger partial charge in [0.2, 0.25) is 0 Å². The summed E-state index contributed by atoms with van der Waals surface area (Å²) in [6, 6.07) is 10.3. The van der Waals surface area contributed by atoms with Crippen molar-refractivity contribution < 1.29 is 9.50 Å². The van der Waals surface area contributed by atoms with Gasteiger partial charge < -0.3 is 10.4 Å². The summed E-state index contributed by atoms with van der Waals surface area (Å²) >= 11 is 10.1. The summed E-state index contributed by atoms with van der Waals surface area (Å²) in [6.07, 6.45) is 3.36. The van der Waals surface area contributed by atoms with E-state index in [0.717, 1.165) is 26.5 Å². The molecule has 0 saturated carbocycles. The third kappa shape index (κ3) is 4.86. The maximum absolute atomic E-state index is 14.5. The fourth-order valence-electron chi connectivity index (χ4n) is 3.62. The third-order valence-corrected chi connectivity index (χ3v) is 6.36. The van der Waals surface area contributed by atoms with E-state index in [2.05, 4.69) is 36.2 Å². The first-order valence-corrected chi connectivity index (χ1v) is 11.6. The molecule has 2 N–H and O–H groups in total. The Kier molecular flexibility index (Phi) is 6.40. The zero-order valence-electron chi connectivity index (χ0n) is 18.6. The molecular formula is C25H23BrClFN4O. The molecule has 0 aliphatic heterocycles. The lowest BCUT2D eigenvalue weighted by Gasteiger charge is -2.20. The van der Waals surface area contributed by atoms with Gasteiger partial charge in [-0.3, -0.25) is 4.98 Å². The van der Waals surface area contributed by atoms with Crippen molar-refractivity contribution in [1.29, 1.82) is 0 Å². The molecule has 0 aliphatic carbocycles. The summed E-state index contributed by atoms with van der Waals surface area (Å²) in [5.41, 5.74) is 3.19. The number of rotatable bonds is 5. The quantitative estimate of drug-likeness (QED) is 0.292. The number of benzene rings is 2. The Morgan fingerprint density at radius 1 is 1.09 bits per heavy atom. The van der Waals surface area contributed by atoms with Gasteiger partial charge in [-0.2, -0.15) is 0 Å². The van der Waals surface area contributed by atoms with Gasteiger partial charge in [0.15, 0.2) is 5.82 Å². The van der Waals surface area contributed by atoms with E-state index in [-0.39, 0.29) is 11.9 Å². The van der Waals surface area contributed by atoms with Crippen molar-refractivity contribution >= 4 is 44.1 Å². The minimum atomic E-state index is -1.12. The van der Waals surface area contributed by atoms with Gasteiger partial charge in [-0.15, -0.1) is 0 Å². The number of fused-ring (bicyclic) bond motifs is 1. The van der Waals surface area contributed by atoms with Crippen LogP contribution in [0.1, 0.15) is 43.9 Å². The van der Waals surface area contributed by atoms with Crippen molar-refractivity contribution in [3.8, 4) is 11.1 Å². The molecule has 0 amide bonds. The highest BCUT2D eigenvalue weighted by molar-refractivity contribution is 9.10. The number of nitrogens with one attached hydrogen (secondary N) is 1. The zero-order chi connectivity index (χ0) is 23.9. The summed E-state index contributed by atoms with van der Waals surface area (Å²) in [7, 11) is 0. The first-order chi connectivity index (χ1) is 15.5. The van der Waals surface area contributed by atoms with E-state index in [1.54, 1.807) is 38.4 Å². The van der Waals surface area contributed by atoms with Gasteiger partial charge in [0, 0.05) is 33.4 Å². The van der Waals surface area contributed by atoms with Gasteiger partial charge in [-0.05, 0) is 63.6 Å². The molecule has 4 rings (SSSR count). The Labute approximate surface area is 205 Å². The van der Waals surface area contributed by atoms with E-state index in [9.17, 15) is 9.50 Å². The Morgan fingerprint density at radius 3 is 2.45 bits per heavy atom. The summed E-state index contributed by atoms with van der Waals surface area (Å²) in [4.78, 5) is 13.2. The molecule has 0 unspecified atom stereocenters. The van der Waals surface area contributed by atoms with E-state index in [1.807, 2.05) is 32.0 Å². The molecule has 4 aromatic rings. The van der Waals surface area contributed by atoms with Crippen LogP contribution in [0, 0.1) is 12.7 Å². The second kappa shape index (κ2) is 8.97. The van der Waals surface area contributed by atoms with E-state index in [4.69, 9.17) is 11.6 Å². The van der Waals surface area contributed by atoms with Crippen molar-refractivity contribution in [2.45, 2.75) is 39.3 Å². The second-order valence-electron chi connectivity index (χ2n) is 8.50. The van der Waals surface area contributed by atoms with Crippen LogP contribution in [0.4, 0.5) is 10.1 Å². The number of hydrogen-bond donors (Lipinski definition) is 2. The minimum Gasteiger partial charge on any atom is -0.382 e. The van der Waals surface area contributed by atoms with Crippen LogP contribution in [0.2, 0.25) is 5.02 Å². The van der Waals surface area contributed by atoms with Gasteiger partial charge in [-0.1, -0.05) is 33.6 Å². The largest absolute Gasteiger partial charge is 0.382 e. The van der Waals surface area contributed by atoms with Crippen LogP contribution in [0.3, 0.4) is 0 Å². The standard InChI is InChI=1S/C25H23BrClFN4O/c1-13(18-10-17(26)6-7-20(18)28)32-23-19-9-15(5-8-21(19)31-14(2)22(23)27)16-11-29-24(30-12-16)25(3,4)33/h5-13,33H,1-4H3,(H,31,32)/t13-/m1/s1. The van der Waals surface area contributed by atoms with E-state index < -0.39 is 5.60 Å². The zero-order valence-corrected chi connectivity index (χ0v) is 21.0. The average molecular weight is 530 g/mol. The molecule has 2 heterocycles. The average Bonchev–Trinajstić information content (AvgIpc) is 2.77. The fraction of sp³-hybridized carbons (Fsp3) is 0.240. The maximum atomic E-state index is 14.5. The van der Waals surface area contributed by atoms with Crippen molar-refractivity contribution in [3.63, 3.8) is 0 Å². The van der Waals surface area contributed by atoms with E-state index in [0.29, 0.717) is 27.8 Å². The minimum absolute atomic E-state index is 0.297. The van der Waals surface area contributed by atoms with Gasteiger partial charge in [0.1, 0.15) is 11.4 Å². The van der Waals surface area contributed by atoms with Crippen molar-refractivity contribution in [1.82, 2.24) is 15.0 Å². The molecule has 0 fully saturated rings. The first-order valence-electron chi connectivity index (χ1n) is 10.4. The topological polar surface area (TPSA) is 70.9 Å². The molecular weight excluding hydrogens is 507 g/mol.